The molecular formula is C21H24ClNO3S. The van der Waals surface area contributed by atoms with Crippen molar-refractivity contribution in [3.8, 4) is 0 Å². The average Bonchev–Trinajstić information content (AvgIpc) is 2.68. The Morgan fingerprint density at radius 3 is 2.52 bits per heavy atom. The molecule has 1 amide bonds. The molecule has 1 aliphatic rings. The van der Waals surface area contributed by atoms with E-state index in [2.05, 4.69) is 24.3 Å². The molecule has 0 bridgehead atoms. The normalized spacial score (nSPS) is 16.1. The van der Waals surface area contributed by atoms with E-state index < -0.39 is 0 Å². The summed E-state index contributed by atoms with van der Waals surface area (Å²) in [6.45, 7) is 2.95. The van der Waals surface area contributed by atoms with Crippen LogP contribution in [-0.2, 0) is 19.9 Å². The molecule has 0 saturated carbocycles. The Kier molecular flexibility index (Phi) is 6.48. The third-order valence-corrected chi connectivity index (χ3v) is 6.32. The summed E-state index contributed by atoms with van der Waals surface area (Å²) in [6.07, 6.45) is 1.71. The number of benzene rings is 2. The number of hydrogen-bond donors (Lipinski definition) is 0. The maximum atomic E-state index is 11.6. The Labute approximate surface area is 169 Å². The summed E-state index contributed by atoms with van der Waals surface area (Å²) in [6, 6.07) is 14.2. The van der Waals surface area contributed by atoms with Crippen LogP contribution in [0.4, 0.5) is 5.69 Å². The molecule has 1 heterocycles. The maximum Gasteiger partial charge on any atom is 0.223 e. The molecule has 6 heteroatoms. The molecule has 144 valence electrons. The van der Waals surface area contributed by atoms with Gasteiger partial charge in [-0.15, -0.1) is 0 Å². The molecule has 0 unspecified atom stereocenters. The van der Waals surface area contributed by atoms with E-state index in [9.17, 15) is 4.79 Å². The second-order valence-electron chi connectivity index (χ2n) is 6.63. The van der Waals surface area contributed by atoms with E-state index in [1.54, 1.807) is 30.8 Å². The van der Waals surface area contributed by atoms with Gasteiger partial charge in [-0.1, -0.05) is 35.5 Å². The van der Waals surface area contributed by atoms with Gasteiger partial charge in [-0.05, 0) is 35.9 Å². The van der Waals surface area contributed by atoms with Crippen LogP contribution in [0, 0.1) is 0 Å². The Morgan fingerprint density at radius 2 is 1.89 bits per heavy atom. The van der Waals surface area contributed by atoms with Crippen LogP contribution >= 0.6 is 23.4 Å². The Balaban J connectivity index is 1.82. The first-order valence-corrected chi connectivity index (χ1v) is 10.1. The highest BCUT2D eigenvalue weighted by Crippen LogP contribution is 2.39. The number of amides is 1. The van der Waals surface area contributed by atoms with E-state index >= 15 is 0 Å². The first kappa shape index (κ1) is 20.2. The molecule has 27 heavy (non-hydrogen) atoms. The monoisotopic (exact) mass is 405 g/mol. The summed E-state index contributed by atoms with van der Waals surface area (Å²) in [4.78, 5) is 15.3. The minimum absolute atomic E-state index is 0.0497. The van der Waals surface area contributed by atoms with E-state index in [1.807, 2.05) is 18.2 Å². The van der Waals surface area contributed by atoms with Crippen molar-refractivity contribution in [3.63, 3.8) is 0 Å². The number of carbonyl (C=O) groups excluding carboxylic acids is 1. The molecule has 0 atom stereocenters. The Morgan fingerprint density at radius 1 is 1.19 bits per heavy atom. The number of nitrogens with zero attached hydrogens (tertiary/aromatic N) is 1. The van der Waals surface area contributed by atoms with Crippen molar-refractivity contribution in [2.45, 2.75) is 35.2 Å². The van der Waals surface area contributed by atoms with Gasteiger partial charge in [0, 0.05) is 56.9 Å². The van der Waals surface area contributed by atoms with Gasteiger partial charge in [-0.25, -0.2) is 0 Å². The number of ether oxygens (including phenoxy) is 2. The van der Waals surface area contributed by atoms with Gasteiger partial charge in [0.1, 0.15) is 0 Å². The van der Waals surface area contributed by atoms with Crippen LogP contribution in [0.2, 0.25) is 5.02 Å². The molecule has 2 aromatic rings. The molecular weight excluding hydrogens is 382 g/mol. The number of anilines is 1. The molecule has 0 aromatic heterocycles. The quantitative estimate of drug-likeness (QED) is 0.691. The van der Waals surface area contributed by atoms with E-state index in [-0.39, 0.29) is 11.5 Å². The number of rotatable bonds is 5. The van der Waals surface area contributed by atoms with E-state index in [0.717, 1.165) is 22.6 Å². The molecule has 4 nitrogen and oxygen atoms in total. The summed E-state index contributed by atoms with van der Waals surface area (Å²) in [5.41, 5.74) is 1.61. The fourth-order valence-corrected chi connectivity index (χ4v) is 4.57. The first-order valence-electron chi connectivity index (χ1n) is 8.90. The van der Waals surface area contributed by atoms with Crippen LogP contribution < -0.4 is 4.90 Å². The average molecular weight is 406 g/mol. The van der Waals surface area contributed by atoms with Crippen molar-refractivity contribution in [2.75, 3.05) is 32.3 Å². The van der Waals surface area contributed by atoms with Crippen LogP contribution in [0.5, 0.6) is 0 Å². The largest absolute Gasteiger partial charge is 0.381 e. The maximum absolute atomic E-state index is 11.6. The fraction of sp³-hybridized carbons (Fsp3) is 0.381. The molecule has 3 rings (SSSR count). The topological polar surface area (TPSA) is 38.8 Å². The molecule has 1 aliphatic heterocycles. The zero-order chi connectivity index (χ0) is 19.4. The van der Waals surface area contributed by atoms with Crippen LogP contribution in [0.25, 0.3) is 0 Å². The SMILES string of the molecule is COC1(c2cccc(Sc3ccc(N(C)C(C)=O)c(Cl)c3)c2)CCOCC1. The van der Waals surface area contributed by atoms with Gasteiger partial charge >= 0.3 is 0 Å². The fourth-order valence-electron chi connectivity index (χ4n) is 3.28. The Hall–Kier alpha value is -1.53. The predicted molar refractivity (Wildman–Crippen MR) is 110 cm³/mol. The zero-order valence-corrected chi connectivity index (χ0v) is 17.4. The second-order valence-corrected chi connectivity index (χ2v) is 8.19. The molecule has 0 spiro atoms. The lowest BCUT2D eigenvalue weighted by molar-refractivity contribution is -0.116. The van der Waals surface area contributed by atoms with E-state index in [4.69, 9.17) is 21.1 Å². The molecule has 1 saturated heterocycles. The highest BCUT2D eigenvalue weighted by atomic mass is 35.5. The lowest BCUT2D eigenvalue weighted by atomic mass is 9.86. The van der Waals surface area contributed by atoms with Crippen molar-refractivity contribution >= 4 is 35.0 Å². The van der Waals surface area contributed by atoms with Gasteiger partial charge < -0.3 is 14.4 Å². The van der Waals surface area contributed by atoms with Gasteiger partial charge in [0.05, 0.1) is 16.3 Å². The van der Waals surface area contributed by atoms with Crippen molar-refractivity contribution in [3.05, 3.63) is 53.1 Å². The summed E-state index contributed by atoms with van der Waals surface area (Å²) in [5, 5.41) is 0.562. The minimum atomic E-state index is -0.277. The number of carbonyl (C=O) groups is 1. The number of methoxy groups -OCH3 is 1. The van der Waals surface area contributed by atoms with Gasteiger partial charge in [0.2, 0.25) is 5.91 Å². The molecule has 0 aliphatic carbocycles. The van der Waals surface area contributed by atoms with Gasteiger partial charge in [0.15, 0.2) is 0 Å². The summed E-state index contributed by atoms with van der Waals surface area (Å²) < 4.78 is 11.4. The van der Waals surface area contributed by atoms with Crippen LogP contribution in [-0.4, -0.2) is 33.3 Å². The lowest BCUT2D eigenvalue weighted by Crippen LogP contribution is -2.35. The standard InChI is InChI=1S/C21H24ClNO3S/c1-15(24)23(2)20-8-7-18(14-19(20)22)27-17-6-4-5-16(13-17)21(25-3)9-11-26-12-10-21/h4-8,13-14H,9-12H2,1-3H3. The molecule has 2 aromatic carbocycles. The smallest absolute Gasteiger partial charge is 0.223 e. The van der Waals surface area contributed by atoms with E-state index in [0.29, 0.717) is 23.9 Å². The third kappa shape index (κ3) is 4.49. The van der Waals surface area contributed by atoms with E-state index in [1.165, 1.54) is 12.5 Å². The van der Waals surface area contributed by atoms with Crippen LogP contribution in [0.3, 0.4) is 0 Å². The number of halogens is 1. The summed E-state index contributed by atoms with van der Waals surface area (Å²) in [7, 11) is 3.49. The first-order chi connectivity index (χ1) is 12.9. The van der Waals surface area contributed by atoms with Crippen LogP contribution in [0.15, 0.2) is 52.3 Å². The minimum Gasteiger partial charge on any atom is -0.381 e. The van der Waals surface area contributed by atoms with Crippen LogP contribution in [0.1, 0.15) is 25.3 Å². The highest BCUT2D eigenvalue weighted by molar-refractivity contribution is 7.99. The van der Waals surface area contributed by atoms with Gasteiger partial charge in [-0.2, -0.15) is 0 Å². The predicted octanol–water partition coefficient (Wildman–Crippen LogP) is 5.13. The van der Waals surface area contributed by atoms with Crippen molar-refractivity contribution < 1.29 is 14.3 Å². The lowest BCUT2D eigenvalue weighted by Gasteiger charge is -2.36. The second kappa shape index (κ2) is 8.65. The Bertz CT molecular complexity index is 821. The highest BCUT2D eigenvalue weighted by Gasteiger charge is 2.34. The summed E-state index contributed by atoms with van der Waals surface area (Å²) in [5.74, 6) is -0.0497. The summed E-state index contributed by atoms with van der Waals surface area (Å²) >= 11 is 8.03. The van der Waals surface area contributed by atoms with Gasteiger partial charge in [-0.3, -0.25) is 4.79 Å². The van der Waals surface area contributed by atoms with Crippen molar-refractivity contribution in [1.29, 1.82) is 0 Å². The molecule has 0 radical (unpaired) electrons. The van der Waals surface area contributed by atoms with Crippen molar-refractivity contribution in [1.82, 2.24) is 0 Å². The molecule has 0 N–H and O–H groups in total. The van der Waals surface area contributed by atoms with Crippen molar-refractivity contribution in [2.24, 2.45) is 0 Å². The number of hydrogen-bond acceptors (Lipinski definition) is 4. The molecule has 1 fully saturated rings. The third-order valence-electron chi connectivity index (χ3n) is 5.04. The van der Waals surface area contributed by atoms with Gasteiger partial charge in [0.25, 0.3) is 0 Å². The zero-order valence-electron chi connectivity index (χ0n) is 15.8.